The van der Waals surface area contributed by atoms with Crippen molar-refractivity contribution in [3.05, 3.63) is 29.8 Å². The number of ether oxygens (including phenoxy) is 1. The van der Waals surface area contributed by atoms with E-state index in [4.69, 9.17) is 5.73 Å². The lowest BCUT2D eigenvalue weighted by Crippen LogP contribution is -2.30. The smallest absolute Gasteiger partial charge is 0.406 e. The van der Waals surface area contributed by atoms with Gasteiger partial charge < -0.3 is 15.6 Å². The van der Waals surface area contributed by atoms with E-state index >= 15 is 0 Å². The second-order valence-corrected chi connectivity index (χ2v) is 4.38. The van der Waals surface area contributed by atoms with E-state index in [0.717, 1.165) is 0 Å². The lowest BCUT2D eigenvalue weighted by Gasteiger charge is -2.22. The molecular weight excluding hydrogens is 283 g/mol. The van der Waals surface area contributed by atoms with Crippen molar-refractivity contribution in [2.75, 3.05) is 0 Å². The third kappa shape index (κ3) is 5.67. The van der Waals surface area contributed by atoms with Gasteiger partial charge in [0.2, 0.25) is 0 Å². The minimum absolute atomic E-state index is 0. The minimum Gasteiger partial charge on any atom is -0.406 e. The topological polar surface area (TPSA) is 55.5 Å². The van der Waals surface area contributed by atoms with E-state index in [2.05, 4.69) is 4.74 Å². The maximum Gasteiger partial charge on any atom is 0.573 e. The van der Waals surface area contributed by atoms with Crippen LogP contribution in [0.1, 0.15) is 25.5 Å². The first kappa shape index (κ1) is 18.0. The average molecular weight is 300 g/mol. The Morgan fingerprint density at radius 1 is 1.26 bits per heavy atom. The molecule has 1 aromatic rings. The van der Waals surface area contributed by atoms with Crippen molar-refractivity contribution >= 4 is 12.4 Å². The first-order chi connectivity index (χ1) is 8.20. The molecule has 3 nitrogen and oxygen atoms in total. The summed E-state index contributed by atoms with van der Waals surface area (Å²) in [5.74, 6) is -0.432. The van der Waals surface area contributed by atoms with E-state index in [-0.39, 0.29) is 24.1 Å². The molecular formula is C12H17ClF3NO2. The number of benzene rings is 1. The molecule has 0 saturated carbocycles. The molecule has 0 fully saturated rings. The second kappa shape index (κ2) is 6.98. The summed E-state index contributed by atoms with van der Waals surface area (Å²) in [5.41, 5.74) is 6.19. The summed E-state index contributed by atoms with van der Waals surface area (Å²) >= 11 is 0. The van der Waals surface area contributed by atoms with Crippen LogP contribution >= 0.6 is 12.4 Å². The molecule has 2 atom stereocenters. The minimum atomic E-state index is -4.74. The number of aliphatic hydroxyl groups excluding tert-OH is 1. The third-order valence-electron chi connectivity index (χ3n) is 2.53. The van der Waals surface area contributed by atoms with E-state index in [1.165, 1.54) is 18.2 Å². The average Bonchev–Trinajstić information content (AvgIpc) is 2.25. The molecule has 0 aliphatic rings. The number of rotatable bonds is 4. The summed E-state index contributed by atoms with van der Waals surface area (Å²) < 4.78 is 40.0. The van der Waals surface area contributed by atoms with E-state index in [9.17, 15) is 18.3 Å². The van der Waals surface area contributed by atoms with Crippen molar-refractivity contribution in [3.63, 3.8) is 0 Å². The largest absolute Gasteiger partial charge is 0.573 e. The van der Waals surface area contributed by atoms with Gasteiger partial charge in [-0.25, -0.2) is 0 Å². The number of halogens is 4. The normalized spacial score (nSPS) is 14.7. The van der Waals surface area contributed by atoms with Gasteiger partial charge in [0, 0.05) is 0 Å². The molecule has 0 aliphatic heterocycles. The van der Waals surface area contributed by atoms with Crippen LogP contribution in [0.15, 0.2) is 24.3 Å². The van der Waals surface area contributed by atoms with Crippen molar-refractivity contribution < 1.29 is 23.0 Å². The SMILES string of the molecule is CC(C)[C@H](O)[C@H](N)c1cccc(OC(F)(F)F)c1.Cl. The van der Waals surface area contributed by atoms with Crippen molar-refractivity contribution in [3.8, 4) is 5.75 Å². The summed E-state index contributed by atoms with van der Waals surface area (Å²) in [6, 6.07) is 4.58. The van der Waals surface area contributed by atoms with E-state index in [1.54, 1.807) is 19.9 Å². The highest BCUT2D eigenvalue weighted by Gasteiger charge is 2.31. The summed E-state index contributed by atoms with van der Waals surface area (Å²) in [5, 5.41) is 9.78. The second-order valence-electron chi connectivity index (χ2n) is 4.38. The molecule has 110 valence electrons. The van der Waals surface area contributed by atoms with Crippen LogP contribution in [0.2, 0.25) is 0 Å². The number of hydrogen-bond donors (Lipinski definition) is 2. The predicted molar refractivity (Wildman–Crippen MR) is 68.1 cm³/mol. The lowest BCUT2D eigenvalue weighted by atomic mass is 9.94. The molecule has 0 bridgehead atoms. The van der Waals surface area contributed by atoms with Gasteiger partial charge >= 0.3 is 6.36 Å². The molecule has 0 spiro atoms. The van der Waals surface area contributed by atoms with Crippen LogP contribution in [-0.4, -0.2) is 17.6 Å². The van der Waals surface area contributed by atoms with E-state index in [0.29, 0.717) is 5.56 Å². The van der Waals surface area contributed by atoms with Crippen LogP contribution in [0.4, 0.5) is 13.2 Å². The molecule has 7 heteroatoms. The molecule has 0 amide bonds. The number of hydrogen-bond acceptors (Lipinski definition) is 3. The Morgan fingerprint density at radius 3 is 2.32 bits per heavy atom. The van der Waals surface area contributed by atoms with Crippen LogP contribution in [-0.2, 0) is 0 Å². The summed E-state index contributed by atoms with van der Waals surface area (Å²) in [7, 11) is 0. The van der Waals surface area contributed by atoms with Crippen LogP contribution in [0.3, 0.4) is 0 Å². The molecule has 19 heavy (non-hydrogen) atoms. The maximum absolute atomic E-state index is 12.1. The van der Waals surface area contributed by atoms with Crippen LogP contribution in [0.25, 0.3) is 0 Å². The van der Waals surface area contributed by atoms with Crippen LogP contribution in [0, 0.1) is 5.92 Å². The monoisotopic (exact) mass is 299 g/mol. The van der Waals surface area contributed by atoms with Gasteiger partial charge in [-0.1, -0.05) is 26.0 Å². The fraction of sp³-hybridized carbons (Fsp3) is 0.500. The molecule has 1 aromatic carbocycles. The fourth-order valence-electron chi connectivity index (χ4n) is 1.53. The highest BCUT2D eigenvalue weighted by atomic mass is 35.5. The zero-order valence-corrected chi connectivity index (χ0v) is 11.3. The molecule has 0 aliphatic carbocycles. The van der Waals surface area contributed by atoms with Crippen molar-refractivity contribution in [1.82, 2.24) is 0 Å². The van der Waals surface area contributed by atoms with Crippen molar-refractivity contribution in [1.29, 1.82) is 0 Å². The first-order valence-electron chi connectivity index (χ1n) is 5.50. The Balaban J connectivity index is 0.00000324. The molecule has 0 heterocycles. The van der Waals surface area contributed by atoms with Gasteiger partial charge in [-0.05, 0) is 23.6 Å². The zero-order valence-electron chi connectivity index (χ0n) is 10.5. The van der Waals surface area contributed by atoms with Gasteiger partial charge in [-0.3, -0.25) is 0 Å². The Morgan fingerprint density at radius 2 is 1.84 bits per heavy atom. The zero-order chi connectivity index (χ0) is 13.9. The van der Waals surface area contributed by atoms with E-state index < -0.39 is 18.5 Å². The Bertz CT molecular complexity index is 399. The molecule has 0 radical (unpaired) electrons. The predicted octanol–water partition coefficient (Wildman–Crippen LogP) is 3.02. The molecule has 0 saturated heterocycles. The summed E-state index contributed by atoms with van der Waals surface area (Å²) in [6.07, 6.45) is -5.56. The first-order valence-corrected chi connectivity index (χ1v) is 5.50. The van der Waals surface area contributed by atoms with Gasteiger partial charge in [-0.15, -0.1) is 25.6 Å². The van der Waals surface area contributed by atoms with Crippen LogP contribution in [0.5, 0.6) is 5.75 Å². The summed E-state index contributed by atoms with van der Waals surface area (Å²) in [4.78, 5) is 0. The van der Waals surface area contributed by atoms with Crippen molar-refractivity contribution in [2.24, 2.45) is 11.7 Å². The Labute approximate surface area is 116 Å². The number of aliphatic hydroxyl groups is 1. The fourth-order valence-corrected chi connectivity index (χ4v) is 1.53. The van der Waals surface area contributed by atoms with E-state index in [1.807, 2.05) is 0 Å². The van der Waals surface area contributed by atoms with Crippen LogP contribution < -0.4 is 10.5 Å². The van der Waals surface area contributed by atoms with Gasteiger partial charge in [0.25, 0.3) is 0 Å². The lowest BCUT2D eigenvalue weighted by molar-refractivity contribution is -0.274. The van der Waals surface area contributed by atoms with Crippen molar-refractivity contribution in [2.45, 2.75) is 32.4 Å². The quantitative estimate of drug-likeness (QED) is 0.898. The highest BCUT2D eigenvalue weighted by molar-refractivity contribution is 5.85. The molecule has 0 aromatic heterocycles. The standard InChI is InChI=1S/C12H16F3NO2.ClH/c1-7(2)11(17)10(16)8-4-3-5-9(6-8)18-12(13,14)15;/h3-7,10-11,17H,16H2,1-2H3;1H/t10-,11+;/m1./s1. The molecule has 0 unspecified atom stereocenters. The third-order valence-corrected chi connectivity index (χ3v) is 2.53. The number of nitrogens with two attached hydrogens (primary N) is 1. The maximum atomic E-state index is 12.1. The van der Waals surface area contributed by atoms with Gasteiger partial charge in [0.1, 0.15) is 5.75 Å². The molecule has 3 N–H and O–H groups in total. The summed E-state index contributed by atoms with van der Waals surface area (Å²) in [6.45, 7) is 3.56. The Hall–Kier alpha value is -0.980. The molecule has 1 rings (SSSR count). The van der Waals surface area contributed by atoms with Gasteiger partial charge in [0.05, 0.1) is 12.1 Å². The Kier molecular flexibility index (Phi) is 6.62. The van der Waals surface area contributed by atoms with Gasteiger partial charge in [0.15, 0.2) is 0 Å². The highest BCUT2D eigenvalue weighted by Crippen LogP contribution is 2.27. The van der Waals surface area contributed by atoms with Gasteiger partial charge in [-0.2, -0.15) is 0 Å². The number of alkyl halides is 3.